The van der Waals surface area contributed by atoms with Crippen LogP contribution in [0.2, 0.25) is 0 Å². The van der Waals surface area contributed by atoms with Crippen LogP contribution >= 0.6 is 0 Å². The Labute approximate surface area is 119 Å². The topological polar surface area (TPSA) is 63.6 Å². The van der Waals surface area contributed by atoms with Crippen molar-refractivity contribution in [3.63, 3.8) is 0 Å². The number of hydrogen-bond donors (Lipinski definition) is 1. The molecular formula is C12H8F6O4. The number of rotatable bonds is 6. The zero-order chi connectivity index (χ0) is 17.1. The summed E-state index contributed by atoms with van der Waals surface area (Å²) in [6.07, 6.45) is -12.5. The van der Waals surface area contributed by atoms with Gasteiger partial charge in [0.05, 0.1) is 11.1 Å². The van der Waals surface area contributed by atoms with E-state index in [9.17, 15) is 35.9 Å². The van der Waals surface area contributed by atoms with E-state index >= 15 is 0 Å². The highest BCUT2D eigenvalue weighted by Crippen LogP contribution is 2.33. The highest BCUT2D eigenvalue weighted by molar-refractivity contribution is 5.92. The molecule has 0 fully saturated rings. The molecule has 0 aliphatic carbocycles. The molecule has 1 rings (SSSR count). The third-order valence-corrected chi connectivity index (χ3v) is 2.51. The van der Waals surface area contributed by atoms with Crippen LogP contribution in [0, 0.1) is 0 Å². The number of carbonyl (C=O) groups excluding carboxylic acids is 1. The normalized spacial score (nSPS) is 15.5. The van der Waals surface area contributed by atoms with Gasteiger partial charge in [0.1, 0.15) is 0 Å². The number of carbonyl (C=O) groups is 2. The van der Waals surface area contributed by atoms with Crippen LogP contribution in [0.15, 0.2) is 24.3 Å². The number of hydrogen-bond acceptors (Lipinski definition) is 3. The second-order valence-corrected chi connectivity index (χ2v) is 4.01. The highest BCUT2D eigenvalue weighted by Gasteiger charge is 2.56. The predicted octanol–water partition coefficient (Wildman–Crippen LogP) is 3.08. The molecule has 0 spiro atoms. The molecule has 0 aliphatic rings. The van der Waals surface area contributed by atoms with Crippen molar-refractivity contribution in [1.82, 2.24) is 0 Å². The van der Waals surface area contributed by atoms with Gasteiger partial charge in [0.15, 0.2) is 0 Å². The van der Waals surface area contributed by atoms with Crippen LogP contribution in [0.4, 0.5) is 26.3 Å². The van der Waals surface area contributed by atoms with Gasteiger partial charge in [0.25, 0.3) is 6.43 Å². The Hall–Kier alpha value is -2.26. The van der Waals surface area contributed by atoms with E-state index < -0.39 is 42.4 Å². The van der Waals surface area contributed by atoms with Crippen molar-refractivity contribution >= 4 is 11.9 Å². The predicted molar refractivity (Wildman–Crippen MR) is 59.6 cm³/mol. The number of ether oxygens (including phenoxy) is 1. The molecule has 1 aromatic carbocycles. The second-order valence-electron chi connectivity index (χ2n) is 4.01. The fourth-order valence-electron chi connectivity index (χ4n) is 1.34. The molecule has 10 heteroatoms. The van der Waals surface area contributed by atoms with Crippen molar-refractivity contribution in [1.29, 1.82) is 0 Å². The van der Waals surface area contributed by atoms with Crippen molar-refractivity contribution in [2.24, 2.45) is 0 Å². The van der Waals surface area contributed by atoms with Gasteiger partial charge >= 0.3 is 24.2 Å². The maximum Gasteiger partial charge on any atom is 0.347 e. The van der Waals surface area contributed by atoms with E-state index in [1.54, 1.807) is 0 Å². The van der Waals surface area contributed by atoms with Crippen molar-refractivity contribution in [2.45, 2.75) is 24.9 Å². The van der Waals surface area contributed by atoms with E-state index in [0.717, 1.165) is 24.3 Å². The first-order valence-corrected chi connectivity index (χ1v) is 5.55. The largest absolute Gasteiger partial charge is 0.478 e. The van der Waals surface area contributed by atoms with Gasteiger partial charge in [0, 0.05) is 0 Å². The fraction of sp³-hybridized carbons (Fsp3) is 0.333. The van der Waals surface area contributed by atoms with Gasteiger partial charge in [-0.15, -0.1) is 0 Å². The lowest BCUT2D eigenvalue weighted by Crippen LogP contribution is -2.49. The maximum atomic E-state index is 13.6. The van der Waals surface area contributed by atoms with Crippen LogP contribution in [0.3, 0.4) is 0 Å². The van der Waals surface area contributed by atoms with Gasteiger partial charge < -0.3 is 9.84 Å². The third kappa shape index (κ3) is 3.68. The van der Waals surface area contributed by atoms with Crippen molar-refractivity contribution in [3.8, 4) is 0 Å². The van der Waals surface area contributed by atoms with E-state index in [1.807, 2.05) is 0 Å². The summed E-state index contributed by atoms with van der Waals surface area (Å²) in [5.74, 6) is -8.03. The Kier molecular flexibility index (Phi) is 5.39. The summed E-state index contributed by atoms with van der Waals surface area (Å²) in [7, 11) is 0. The molecule has 122 valence electrons. The van der Waals surface area contributed by atoms with Crippen LogP contribution in [0.25, 0.3) is 0 Å². The molecule has 0 heterocycles. The number of alkyl halides is 6. The van der Waals surface area contributed by atoms with Gasteiger partial charge in [0.2, 0.25) is 6.17 Å². The summed E-state index contributed by atoms with van der Waals surface area (Å²) in [6.45, 7) is 0. The van der Waals surface area contributed by atoms with Crippen molar-refractivity contribution in [2.75, 3.05) is 0 Å². The lowest BCUT2D eigenvalue weighted by molar-refractivity contribution is -0.244. The summed E-state index contributed by atoms with van der Waals surface area (Å²) in [5.41, 5.74) is -0.901. The molecule has 2 unspecified atom stereocenters. The first-order valence-electron chi connectivity index (χ1n) is 5.55. The van der Waals surface area contributed by atoms with Crippen LogP contribution < -0.4 is 0 Å². The van der Waals surface area contributed by atoms with Crippen molar-refractivity contribution < 1.29 is 45.8 Å². The molecule has 0 aromatic heterocycles. The Morgan fingerprint density at radius 3 is 1.82 bits per heavy atom. The molecule has 0 aliphatic heterocycles. The molecule has 0 radical (unpaired) electrons. The molecule has 0 saturated carbocycles. The standard InChI is InChI=1S/C12H8F6O4/c13-7(8(14)15)12(18,11(16)17)22-10(21)6-3-1-5(2-4-6)9(19)20/h1-4,7-8,11H,(H,19,20). The second kappa shape index (κ2) is 6.67. The molecule has 0 saturated heterocycles. The minimum absolute atomic E-state index is 0.284. The molecular weight excluding hydrogens is 322 g/mol. The average molecular weight is 330 g/mol. The Balaban J connectivity index is 2.99. The minimum Gasteiger partial charge on any atom is -0.478 e. The van der Waals surface area contributed by atoms with E-state index in [4.69, 9.17) is 5.11 Å². The van der Waals surface area contributed by atoms with Crippen LogP contribution in [0.5, 0.6) is 0 Å². The number of aromatic carboxylic acids is 1. The highest BCUT2D eigenvalue weighted by atomic mass is 19.3. The van der Waals surface area contributed by atoms with E-state index in [2.05, 4.69) is 4.74 Å². The number of carboxylic acids is 1. The van der Waals surface area contributed by atoms with Crippen LogP contribution in [0.1, 0.15) is 20.7 Å². The Morgan fingerprint density at radius 1 is 1.00 bits per heavy atom. The van der Waals surface area contributed by atoms with Gasteiger partial charge in [-0.1, -0.05) is 0 Å². The Morgan fingerprint density at radius 2 is 1.45 bits per heavy atom. The number of halogens is 6. The summed E-state index contributed by atoms with van der Waals surface area (Å²) in [6, 6.07) is 3.27. The smallest absolute Gasteiger partial charge is 0.347 e. The molecule has 0 amide bonds. The molecule has 1 N–H and O–H groups in total. The SMILES string of the molecule is O=C(O)c1ccc(C(=O)OC(F)(C(F)F)C(F)C(F)F)cc1. The van der Waals surface area contributed by atoms with E-state index in [-0.39, 0.29) is 5.56 Å². The van der Waals surface area contributed by atoms with Gasteiger partial charge in [-0.05, 0) is 24.3 Å². The number of carboxylic acid groups (broad SMARTS) is 1. The quantitative estimate of drug-likeness (QED) is 0.643. The Bertz CT molecular complexity index is 547. The number of benzene rings is 1. The van der Waals surface area contributed by atoms with Crippen LogP contribution in [-0.4, -0.2) is 41.9 Å². The van der Waals surface area contributed by atoms with Gasteiger partial charge in [-0.25, -0.2) is 31.5 Å². The molecule has 0 bridgehead atoms. The summed E-state index contributed by atoms with van der Waals surface area (Å²) in [5, 5.41) is 8.60. The summed E-state index contributed by atoms with van der Waals surface area (Å²) in [4.78, 5) is 22.0. The average Bonchev–Trinajstić information content (AvgIpc) is 2.45. The fourth-order valence-corrected chi connectivity index (χ4v) is 1.34. The van der Waals surface area contributed by atoms with E-state index in [1.165, 1.54) is 0 Å². The third-order valence-electron chi connectivity index (χ3n) is 2.51. The van der Waals surface area contributed by atoms with Gasteiger partial charge in [-0.3, -0.25) is 0 Å². The molecule has 4 nitrogen and oxygen atoms in total. The minimum atomic E-state index is -4.82. The summed E-state index contributed by atoms with van der Waals surface area (Å²) < 4.78 is 79.0. The van der Waals surface area contributed by atoms with Crippen LogP contribution in [-0.2, 0) is 4.74 Å². The molecule has 22 heavy (non-hydrogen) atoms. The number of esters is 1. The maximum absolute atomic E-state index is 13.6. The van der Waals surface area contributed by atoms with Gasteiger partial charge in [-0.2, -0.15) is 4.39 Å². The first-order chi connectivity index (χ1) is 10.1. The lowest BCUT2D eigenvalue weighted by Gasteiger charge is -2.27. The molecule has 2 atom stereocenters. The van der Waals surface area contributed by atoms with E-state index in [0.29, 0.717) is 0 Å². The lowest BCUT2D eigenvalue weighted by atomic mass is 10.1. The van der Waals surface area contributed by atoms with Crippen molar-refractivity contribution in [3.05, 3.63) is 35.4 Å². The zero-order valence-corrected chi connectivity index (χ0v) is 10.5. The molecule has 1 aromatic rings. The monoisotopic (exact) mass is 330 g/mol. The summed E-state index contributed by atoms with van der Waals surface area (Å²) >= 11 is 0. The zero-order valence-electron chi connectivity index (χ0n) is 10.5. The first kappa shape index (κ1) is 17.8.